The summed E-state index contributed by atoms with van der Waals surface area (Å²) in [6, 6.07) is 3.87. The molecule has 0 radical (unpaired) electrons. The molecule has 0 aromatic heterocycles. The Morgan fingerprint density at radius 3 is 2.57 bits per heavy atom. The van der Waals surface area contributed by atoms with E-state index in [1.54, 1.807) is 0 Å². The third-order valence-corrected chi connectivity index (χ3v) is 5.74. The number of non-ortho nitro benzene ring substituents is 1. The highest BCUT2D eigenvalue weighted by molar-refractivity contribution is 7.89. The van der Waals surface area contributed by atoms with Gasteiger partial charge in [-0.05, 0) is 25.8 Å². The van der Waals surface area contributed by atoms with Gasteiger partial charge < -0.3 is 5.32 Å². The summed E-state index contributed by atoms with van der Waals surface area (Å²) in [5.74, 6) is 0. The maximum atomic E-state index is 12.7. The third kappa shape index (κ3) is 3.01. The lowest BCUT2D eigenvalue weighted by atomic mass is 9.94. The first kappa shape index (κ1) is 15.7. The van der Waals surface area contributed by atoms with E-state index in [9.17, 15) is 18.5 Å². The van der Waals surface area contributed by atoms with E-state index in [1.165, 1.54) is 23.5 Å². The van der Waals surface area contributed by atoms with Crippen molar-refractivity contribution in [2.45, 2.75) is 37.1 Å². The first-order chi connectivity index (χ1) is 9.87. The number of hydrogen-bond acceptors (Lipinski definition) is 5. The lowest BCUT2D eigenvalue weighted by Crippen LogP contribution is -2.41. The lowest BCUT2D eigenvalue weighted by Gasteiger charge is -2.34. The number of nitrogens with zero attached hydrogens (tertiary/aromatic N) is 2. The van der Waals surface area contributed by atoms with Gasteiger partial charge in [-0.25, -0.2) is 8.42 Å². The van der Waals surface area contributed by atoms with Crippen LogP contribution in [-0.2, 0) is 10.0 Å². The summed E-state index contributed by atoms with van der Waals surface area (Å²) in [4.78, 5) is 10.3. The molecule has 1 aromatic carbocycles. The molecule has 1 N–H and O–H groups in total. The zero-order valence-electron chi connectivity index (χ0n) is 12.1. The standard InChI is InChI=1S/C13H19N3O4S/c1-3-14-12-8-7-11(16(17)18)9-13(12)21(19,20)15(2)10-5-4-6-10/h7-10,14H,3-6H2,1-2H3. The maximum Gasteiger partial charge on any atom is 0.270 e. The van der Waals surface area contributed by atoms with Crippen LogP contribution < -0.4 is 5.32 Å². The highest BCUT2D eigenvalue weighted by Crippen LogP contribution is 2.33. The molecule has 1 aliphatic rings. The van der Waals surface area contributed by atoms with E-state index in [0.717, 1.165) is 25.3 Å². The van der Waals surface area contributed by atoms with E-state index in [-0.39, 0.29) is 16.6 Å². The van der Waals surface area contributed by atoms with Gasteiger partial charge in [-0.2, -0.15) is 4.31 Å². The fourth-order valence-electron chi connectivity index (χ4n) is 2.28. The van der Waals surface area contributed by atoms with Crippen LogP contribution in [0.3, 0.4) is 0 Å². The first-order valence-corrected chi connectivity index (χ1v) is 8.32. The normalized spacial score (nSPS) is 15.8. The van der Waals surface area contributed by atoms with Crippen LogP contribution in [0.1, 0.15) is 26.2 Å². The molecule has 0 heterocycles. The van der Waals surface area contributed by atoms with E-state index in [4.69, 9.17) is 0 Å². The van der Waals surface area contributed by atoms with Gasteiger partial charge in [0, 0.05) is 31.8 Å². The average molecular weight is 313 g/mol. The second kappa shape index (κ2) is 5.98. The van der Waals surface area contributed by atoms with Crippen molar-refractivity contribution in [1.82, 2.24) is 4.31 Å². The topological polar surface area (TPSA) is 92.5 Å². The van der Waals surface area contributed by atoms with Crippen molar-refractivity contribution in [2.24, 2.45) is 0 Å². The van der Waals surface area contributed by atoms with Crippen LogP contribution in [0.15, 0.2) is 23.1 Å². The minimum absolute atomic E-state index is 0.0104. The molecule has 0 amide bonds. The number of anilines is 1. The summed E-state index contributed by atoms with van der Waals surface area (Å²) in [7, 11) is -2.21. The quantitative estimate of drug-likeness (QED) is 0.642. The molecule has 1 aliphatic carbocycles. The van der Waals surface area contributed by atoms with Crippen LogP contribution >= 0.6 is 0 Å². The van der Waals surface area contributed by atoms with Crippen LogP contribution in [-0.4, -0.2) is 37.3 Å². The Kier molecular flexibility index (Phi) is 4.48. The van der Waals surface area contributed by atoms with Crippen LogP contribution in [0.2, 0.25) is 0 Å². The van der Waals surface area contributed by atoms with Crippen molar-refractivity contribution in [3.8, 4) is 0 Å². The molecular formula is C13H19N3O4S. The number of nitrogens with one attached hydrogen (secondary N) is 1. The number of nitro benzene ring substituents is 1. The Labute approximate surface area is 124 Å². The monoisotopic (exact) mass is 313 g/mol. The van der Waals surface area contributed by atoms with Crippen molar-refractivity contribution in [3.05, 3.63) is 28.3 Å². The predicted octanol–water partition coefficient (Wildman–Crippen LogP) is 2.20. The highest BCUT2D eigenvalue weighted by Gasteiger charge is 2.34. The third-order valence-electron chi connectivity index (χ3n) is 3.79. The van der Waals surface area contributed by atoms with E-state index >= 15 is 0 Å². The van der Waals surface area contributed by atoms with Gasteiger partial charge in [-0.1, -0.05) is 6.42 Å². The molecule has 1 saturated carbocycles. The van der Waals surface area contributed by atoms with Gasteiger partial charge in [-0.15, -0.1) is 0 Å². The zero-order chi connectivity index (χ0) is 15.6. The first-order valence-electron chi connectivity index (χ1n) is 6.88. The van der Waals surface area contributed by atoms with Gasteiger partial charge in [0.1, 0.15) is 4.90 Å². The Morgan fingerprint density at radius 1 is 1.43 bits per heavy atom. The van der Waals surface area contributed by atoms with Crippen LogP contribution in [0.5, 0.6) is 0 Å². The number of hydrogen-bond donors (Lipinski definition) is 1. The molecule has 0 unspecified atom stereocenters. The molecule has 7 nitrogen and oxygen atoms in total. The Morgan fingerprint density at radius 2 is 2.10 bits per heavy atom. The molecule has 1 aromatic rings. The number of nitro groups is 1. The molecule has 0 aliphatic heterocycles. The van der Waals surface area contributed by atoms with E-state index in [1.807, 2.05) is 6.92 Å². The maximum absolute atomic E-state index is 12.7. The Bertz CT molecular complexity index is 641. The van der Waals surface area contributed by atoms with Crippen LogP contribution in [0, 0.1) is 10.1 Å². The molecule has 1 fully saturated rings. The van der Waals surface area contributed by atoms with Gasteiger partial charge in [0.25, 0.3) is 5.69 Å². The lowest BCUT2D eigenvalue weighted by molar-refractivity contribution is -0.385. The van der Waals surface area contributed by atoms with Gasteiger partial charge in [0.15, 0.2) is 0 Å². The van der Waals surface area contributed by atoms with Crippen molar-refractivity contribution < 1.29 is 13.3 Å². The molecule has 0 saturated heterocycles. The second-order valence-corrected chi connectivity index (χ2v) is 7.04. The number of benzene rings is 1. The van der Waals surface area contributed by atoms with Crippen molar-refractivity contribution in [1.29, 1.82) is 0 Å². The number of rotatable bonds is 6. The zero-order valence-corrected chi connectivity index (χ0v) is 12.9. The minimum atomic E-state index is -3.74. The van der Waals surface area contributed by atoms with Gasteiger partial charge in [0.05, 0.1) is 10.6 Å². The minimum Gasteiger partial charge on any atom is -0.384 e. The summed E-state index contributed by atoms with van der Waals surface area (Å²) in [6.45, 7) is 2.38. The van der Waals surface area contributed by atoms with Gasteiger partial charge in [0.2, 0.25) is 10.0 Å². The molecule has 8 heteroatoms. The van der Waals surface area contributed by atoms with Gasteiger partial charge in [-0.3, -0.25) is 10.1 Å². The van der Waals surface area contributed by atoms with E-state index < -0.39 is 14.9 Å². The van der Waals surface area contributed by atoms with Crippen molar-refractivity contribution in [2.75, 3.05) is 18.9 Å². The van der Waals surface area contributed by atoms with Crippen molar-refractivity contribution in [3.63, 3.8) is 0 Å². The van der Waals surface area contributed by atoms with Crippen molar-refractivity contribution >= 4 is 21.4 Å². The summed E-state index contributed by atoms with van der Waals surface area (Å²) < 4.78 is 26.7. The average Bonchev–Trinajstić information content (AvgIpc) is 2.37. The van der Waals surface area contributed by atoms with Crippen LogP contribution in [0.4, 0.5) is 11.4 Å². The summed E-state index contributed by atoms with van der Waals surface area (Å²) in [5.41, 5.74) is 0.173. The molecular weight excluding hydrogens is 294 g/mol. The Hall–Kier alpha value is -1.67. The highest BCUT2D eigenvalue weighted by atomic mass is 32.2. The van der Waals surface area contributed by atoms with E-state index in [0.29, 0.717) is 12.2 Å². The fraction of sp³-hybridized carbons (Fsp3) is 0.538. The van der Waals surface area contributed by atoms with Gasteiger partial charge >= 0.3 is 0 Å². The fourth-order valence-corrected chi connectivity index (χ4v) is 3.88. The molecule has 0 bridgehead atoms. The molecule has 0 spiro atoms. The number of sulfonamides is 1. The van der Waals surface area contributed by atoms with Crippen LogP contribution in [0.25, 0.3) is 0 Å². The summed E-state index contributed by atoms with van der Waals surface area (Å²) in [5, 5.41) is 13.8. The Balaban J connectivity index is 2.47. The summed E-state index contributed by atoms with van der Waals surface area (Å²) >= 11 is 0. The molecule has 0 atom stereocenters. The molecule has 2 rings (SSSR count). The largest absolute Gasteiger partial charge is 0.384 e. The smallest absolute Gasteiger partial charge is 0.270 e. The predicted molar refractivity (Wildman–Crippen MR) is 79.8 cm³/mol. The second-order valence-electron chi connectivity index (χ2n) is 5.07. The summed E-state index contributed by atoms with van der Waals surface area (Å²) in [6.07, 6.45) is 2.68. The van der Waals surface area contributed by atoms with E-state index in [2.05, 4.69) is 5.32 Å². The SMILES string of the molecule is CCNc1ccc([N+](=O)[O-])cc1S(=O)(=O)N(C)C1CCC1. The molecule has 116 valence electrons. The molecule has 21 heavy (non-hydrogen) atoms.